The highest BCUT2D eigenvalue weighted by Gasteiger charge is 2.32. The molecular weight excluding hydrogens is 260 g/mol. The van der Waals surface area contributed by atoms with Crippen LogP contribution in [0.1, 0.15) is 32.6 Å². The fraction of sp³-hybridized carbons (Fsp3) is 0.571. The van der Waals surface area contributed by atoms with Crippen LogP contribution in [0.4, 0.5) is 5.69 Å². The maximum Gasteiger partial charge on any atom is 0.243 e. The molecule has 1 aromatic carbocycles. The van der Waals surface area contributed by atoms with Gasteiger partial charge in [-0.15, -0.1) is 0 Å². The van der Waals surface area contributed by atoms with Gasteiger partial charge < -0.3 is 5.32 Å². The van der Waals surface area contributed by atoms with Crippen molar-refractivity contribution >= 4 is 15.7 Å². The Morgan fingerprint density at radius 1 is 1.26 bits per heavy atom. The third-order valence-corrected chi connectivity index (χ3v) is 5.76. The fourth-order valence-electron chi connectivity index (χ4n) is 2.63. The average Bonchev–Trinajstić information content (AvgIpc) is 2.47. The monoisotopic (exact) mass is 282 g/mol. The first-order valence-electron chi connectivity index (χ1n) is 6.89. The Morgan fingerprint density at radius 3 is 2.53 bits per heavy atom. The van der Waals surface area contributed by atoms with E-state index in [1.165, 1.54) is 0 Å². The summed E-state index contributed by atoms with van der Waals surface area (Å²) < 4.78 is 27.0. The predicted molar refractivity (Wildman–Crippen MR) is 77.8 cm³/mol. The lowest BCUT2D eigenvalue weighted by Crippen LogP contribution is -2.43. The highest BCUT2D eigenvalue weighted by atomic mass is 32.2. The first-order chi connectivity index (χ1) is 9.09. The van der Waals surface area contributed by atoms with E-state index in [-0.39, 0.29) is 6.04 Å². The molecule has 1 aliphatic rings. The molecule has 1 N–H and O–H groups in total. The van der Waals surface area contributed by atoms with E-state index in [1.807, 2.05) is 7.05 Å². The van der Waals surface area contributed by atoms with Crippen LogP contribution in [0.5, 0.6) is 0 Å². The maximum atomic E-state index is 12.7. The van der Waals surface area contributed by atoms with Crippen LogP contribution in [0.2, 0.25) is 0 Å². The van der Waals surface area contributed by atoms with Gasteiger partial charge in [-0.1, -0.05) is 13.3 Å². The Balaban J connectivity index is 2.29. The standard InChI is InChI=1S/C14H22N2O2S/c1-3-13-6-4-5-11-16(13)19(17,18)14-9-7-12(15-2)8-10-14/h7-10,13,15H,3-6,11H2,1-2H3. The van der Waals surface area contributed by atoms with E-state index in [0.717, 1.165) is 31.4 Å². The zero-order valence-electron chi connectivity index (χ0n) is 11.6. The molecule has 1 atom stereocenters. The zero-order chi connectivity index (χ0) is 13.9. The number of hydrogen-bond donors (Lipinski definition) is 1. The van der Waals surface area contributed by atoms with Crippen molar-refractivity contribution < 1.29 is 8.42 Å². The van der Waals surface area contributed by atoms with Gasteiger partial charge in [-0.3, -0.25) is 0 Å². The molecule has 1 saturated heterocycles. The van der Waals surface area contributed by atoms with Gasteiger partial charge in [0.1, 0.15) is 0 Å². The number of nitrogens with zero attached hydrogens (tertiary/aromatic N) is 1. The minimum absolute atomic E-state index is 0.155. The second-order valence-corrected chi connectivity index (χ2v) is 6.84. The molecule has 5 heteroatoms. The summed E-state index contributed by atoms with van der Waals surface area (Å²) in [6, 6.07) is 7.13. The lowest BCUT2D eigenvalue weighted by molar-refractivity contribution is 0.246. The van der Waals surface area contributed by atoms with Gasteiger partial charge in [-0.05, 0) is 43.5 Å². The van der Waals surface area contributed by atoms with E-state index >= 15 is 0 Å². The molecule has 0 bridgehead atoms. The summed E-state index contributed by atoms with van der Waals surface area (Å²) in [6.07, 6.45) is 3.95. The first kappa shape index (κ1) is 14.3. The molecule has 19 heavy (non-hydrogen) atoms. The first-order valence-corrected chi connectivity index (χ1v) is 8.33. The van der Waals surface area contributed by atoms with Crippen LogP contribution in [-0.2, 0) is 10.0 Å². The highest BCUT2D eigenvalue weighted by molar-refractivity contribution is 7.89. The minimum Gasteiger partial charge on any atom is -0.388 e. The summed E-state index contributed by atoms with van der Waals surface area (Å²) in [4.78, 5) is 0.395. The molecule has 4 nitrogen and oxygen atoms in total. The number of piperidine rings is 1. The summed E-state index contributed by atoms with van der Waals surface area (Å²) in [5.41, 5.74) is 0.921. The Hall–Kier alpha value is -1.07. The molecule has 1 heterocycles. The lowest BCUT2D eigenvalue weighted by Gasteiger charge is -2.34. The molecule has 1 aliphatic heterocycles. The van der Waals surface area contributed by atoms with Gasteiger partial charge in [0.2, 0.25) is 10.0 Å². The molecule has 1 aromatic rings. The lowest BCUT2D eigenvalue weighted by atomic mass is 10.0. The van der Waals surface area contributed by atoms with Crippen molar-refractivity contribution in [2.45, 2.75) is 43.5 Å². The summed E-state index contributed by atoms with van der Waals surface area (Å²) in [7, 11) is -1.52. The molecule has 1 unspecified atom stereocenters. The Labute approximate surface area is 115 Å². The molecule has 0 saturated carbocycles. The zero-order valence-corrected chi connectivity index (χ0v) is 12.4. The van der Waals surface area contributed by atoms with Gasteiger partial charge in [0.05, 0.1) is 4.90 Å². The Morgan fingerprint density at radius 2 is 1.95 bits per heavy atom. The van der Waals surface area contributed by atoms with Gasteiger partial charge in [-0.25, -0.2) is 8.42 Å². The third kappa shape index (κ3) is 2.92. The number of anilines is 1. The summed E-state index contributed by atoms with van der Waals surface area (Å²) >= 11 is 0. The van der Waals surface area contributed by atoms with Crippen molar-refractivity contribution in [2.24, 2.45) is 0 Å². The van der Waals surface area contributed by atoms with Gasteiger partial charge >= 0.3 is 0 Å². The van der Waals surface area contributed by atoms with E-state index in [4.69, 9.17) is 0 Å². The van der Waals surface area contributed by atoms with Crippen molar-refractivity contribution in [1.82, 2.24) is 4.31 Å². The molecule has 106 valence electrons. The summed E-state index contributed by atoms with van der Waals surface area (Å²) in [6.45, 7) is 2.71. The van der Waals surface area contributed by atoms with Crippen LogP contribution >= 0.6 is 0 Å². The fourth-order valence-corrected chi connectivity index (χ4v) is 4.39. The molecule has 0 spiro atoms. The number of benzene rings is 1. The van der Waals surface area contributed by atoms with Gasteiger partial charge in [-0.2, -0.15) is 4.31 Å². The number of nitrogens with one attached hydrogen (secondary N) is 1. The Kier molecular flexibility index (Phi) is 4.47. The van der Waals surface area contributed by atoms with Crippen LogP contribution in [-0.4, -0.2) is 32.4 Å². The highest BCUT2D eigenvalue weighted by Crippen LogP contribution is 2.27. The number of hydrogen-bond acceptors (Lipinski definition) is 3. The van der Waals surface area contributed by atoms with Crippen LogP contribution in [0.3, 0.4) is 0 Å². The summed E-state index contributed by atoms with van der Waals surface area (Å²) in [5, 5.41) is 3.00. The molecular formula is C14H22N2O2S. The van der Waals surface area contributed by atoms with Gasteiger partial charge in [0, 0.05) is 25.3 Å². The quantitative estimate of drug-likeness (QED) is 0.923. The molecule has 0 aliphatic carbocycles. The van der Waals surface area contributed by atoms with Crippen molar-refractivity contribution in [3.05, 3.63) is 24.3 Å². The smallest absolute Gasteiger partial charge is 0.243 e. The van der Waals surface area contributed by atoms with E-state index in [2.05, 4.69) is 12.2 Å². The maximum absolute atomic E-state index is 12.7. The molecule has 0 radical (unpaired) electrons. The topological polar surface area (TPSA) is 49.4 Å². The van der Waals surface area contributed by atoms with Crippen LogP contribution in [0.25, 0.3) is 0 Å². The summed E-state index contributed by atoms with van der Waals surface area (Å²) in [5.74, 6) is 0. The second kappa shape index (κ2) is 5.92. The van der Waals surface area contributed by atoms with Crippen molar-refractivity contribution in [3.63, 3.8) is 0 Å². The van der Waals surface area contributed by atoms with Crippen LogP contribution in [0, 0.1) is 0 Å². The van der Waals surface area contributed by atoms with E-state index in [1.54, 1.807) is 28.6 Å². The van der Waals surface area contributed by atoms with Crippen molar-refractivity contribution in [1.29, 1.82) is 0 Å². The number of rotatable bonds is 4. The molecule has 2 rings (SSSR count). The molecule has 1 fully saturated rings. The predicted octanol–water partition coefficient (Wildman–Crippen LogP) is 2.68. The average molecular weight is 282 g/mol. The van der Waals surface area contributed by atoms with E-state index < -0.39 is 10.0 Å². The second-order valence-electron chi connectivity index (χ2n) is 4.95. The largest absolute Gasteiger partial charge is 0.388 e. The van der Waals surface area contributed by atoms with E-state index in [0.29, 0.717) is 11.4 Å². The van der Waals surface area contributed by atoms with Gasteiger partial charge in [0.25, 0.3) is 0 Å². The Bertz CT molecular complexity index is 511. The minimum atomic E-state index is -3.34. The normalized spacial score (nSPS) is 21.3. The molecule has 0 amide bonds. The SMILES string of the molecule is CCC1CCCCN1S(=O)(=O)c1ccc(NC)cc1. The van der Waals surface area contributed by atoms with Crippen molar-refractivity contribution in [3.8, 4) is 0 Å². The van der Waals surface area contributed by atoms with Crippen molar-refractivity contribution in [2.75, 3.05) is 18.9 Å². The van der Waals surface area contributed by atoms with Crippen LogP contribution in [0.15, 0.2) is 29.2 Å². The number of sulfonamides is 1. The third-order valence-electron chi connectivity index (χ3n) is 3.79. The van der Waals surface area contributed by atoms with E-state index in [9.17, 15) is 8.42 Å². The van der Waals surface area contributed by atoms with Crippen LogP contribution < -0.4 is 5.32 Å². The molecule has 0 aromatic heterocycles. The van der Waals surface area contributed by atoms with Gasteiger partial charge in [0.15, 0.2) is 0 Å².